The first kappa shape index (κ1) is 15.0. The molecule has 1 aliphatic heterocycles. The van der Waals surface area contributed by atoms with Crippen molar-refractivity contribution < 1.29 is 9.47 Å². The van der Waals surface area contributed by atoms with Crippen LogP contribution in [0.1, 0.15) is 45.1 Å². The third-order valence-electron chi connectivity index (χ3n) is 2.97. The number of benzene rings is 1. The van der Waals surface area contributed by atoms with Gasteiger partial charge in [-0.2, -0.15) is 0 Å². The lowest BCUT2D eigenvalue weighted by atomic mass is 10.1. The fourth-order valence-electron chi connectivity index (χ4n) is 2.05. The van der Waals surface area contributed by atoms with Crippen molar-refractivity contribution in [1.29, 1.82) is 0 Å². The van der Waals surface area contributed by atoms with E-state index in [2.05, 4.69) is 19.1 Å². The van der Waals surface area contributed by atoms with Gasteiger partial charge in [-0.3, -0.25) is 0 Å². The van der Waals surface area contributed by atoms with Gasteiger partial charge in [0, 0.05) is 13.0 Å². The summed E-state index contributed by atoms with van der Waals surface area (Å²) in [5.74, 6) is 0.968. The van der Waals surface area contributed by atoms with Gasteiger partial charge in [0.15, 0.2) is 0 Å². The molecular formula is C16H26O2. The van der Waals surface area contributed by atoms with Crippen molar-refractivity contribution in [2.24, 2.45) is 0 Å². The molecule has 18 heavy (non-hydrogen) atoms. The number of rotatable bonds is 4. The lowest BCUT2D eigenvalue weighted by Crippen LogP contribution is -2.21. The van der Waals surface area contributed by atoms with Crippen LogP contribution in [-0.2, 0) is 4.74 Å². The van der Waals surface area contributed by atoms with Crippen molar-refractivity contribution in [3.63, 3.8) is 0 Å². The standard InChI is InChI=1S/C14H20O2.C2H6/c1-12-5-4-7-14(11-12)16-10-8-13-6-2-3-9-15-13;1-2/h4-5,7,11,13H,2-3,6,8-10H2,1H3;1-2H3. The second-order valence-corrected chi connectivity index (χ2v) is 4.44. The molecule has 0 radical (unpaired) electrons. The van der Waals surface area contributed by atoms with Crippen molar-refractivity contribution in [1.82, 2.24) is 0 Å². The first-order chi connectivity index (χ1) is 8.84. The molecule has 0 amide bonds. The smallest absolute Gasteiger partial charge is 0.119 e. The van der Waals surface area contributed by atoms with Crippen LogP contribution in [0.25, 0.3) is 0 Å². The van der Waals surface area contributed by atoms with Gasteiger partial charge in [-0.05, 0) is 43.9 Å². The monoisotopic (exact) mass is 250 g/mol. The Kier molecular flexibility index (Phi) is 7.51. The van der Waals surface area contributed by atoms with Crippen LogP contribution in [0, 0.1) is 6.92 Å². The Balaban J connectivity index is 0.000000771. The van der Waals surface area contributed by atoms with Gasteiger partial charge in [0.25, 0.3) is 0 Å². The Morgan fingerprint density at radius 3 is 2.78 bits per heavy atom. The molecule has 0 bridgehead atoms. The van der Waals surface area contributed by atoms with Gasteiger partial charge in [-0.15, -0.1) is 0 Å². The van der Waals surface area contributed by atoms with E-state index in [9.17, 15) is 0 Å². The van der Waals surface area contributed by atoms with Crippen molar-refractivity contribution in [3.05, 3.63) is 29.8 Å². The predicted octanol–water partition coefficient (Wildman–Crippen LogP) is 4.36. The van der Waals surface area contributed by atoms with Gasteiger partial charge in [0.1, 0.15) is 5.75 Å². The maximum atomic E-state index is 5.71. The summed E-state index contributed by atoms with van der Waals surface area (Å²) in [6.45, 7) is 7.76. The minimum absolute atomic E-state index is 0.415. The second kappa shape index (κ2) is 8.98. The Morgan fingerprint density at radius 1 is 1.28 bits per heavy atom. The highest BCUT2D eigenvalue weighted by atomic mass is 16.5. The summed E-state index contributed by atoms with van der Waals surface area (Å²) in [5.41, 5.74) is 1.24. The van der Waals surface area contributed by atoms with E-state index in [1.54, 1.807) is 0 Å². The molecule has 1 aromatic carbocycles. The van der Waals surface area contributed by atoms with E-state index in [-0.39, 0.29) is 0 Å². The van der Waals surface area contributed by atoms with Crippen LogP contribution < -0.4 is 4.74 Å². The SMILES string of the molecule is CC.Cc1cccc(OCCC2CCCCO2)c1. The average molecular weight is 250 g/mol. The molecule has 0 N–H and O–H groups in total. The average Bonchev–Trinajstić information content (AvgIpc) is 2.42. The maximum absolute atomic E-state index is 5.71. The van der Waals surface area contributed by atoms with E-state index >= 15 is 0 Å². The van der Waals surface area contributed by atoms with Crippen LogP contribution in [-0.4, -0.2) is 19.3 Å². The summed E-state index contributed by atoms with van der Waals surface area (Å²) in [7, 11) is 0. The summed E-state index contributed by atoms with van der Waals surface area (Å²) in [5, 5.41) is 0. The van der Waals surface area contributed by atoms with E-state index in [0.29, 0.717) is 6.10 Å². The van der Waals surface area contributed by atoms with Gasteiger partial charge in [-0.1, -0.05) is 26.0 Å². The molecule has 1 atom stereocenters. The topological polar surface area (TPSA) is 18.5 Å². The Hall–Kier alpha value is -1.02. The lowest BCUT2D eigenvalue weighted by molar-refractivity contribution is 0.00405. The largest absolute Gasteiger partial charge is 0.493 e. The highest BCUT2D eigenvalue weighted by molar-refractivity contribution is 5.27. The maximum Gasteiger partial charge on any atom is 0.119 e. The molecule has 2 heteroatoms. The molecule has 1 aromatic rings. The summed E-state index contributed by atoms with van der Waals surface area (Å²) in [6, 6.07) is 8.19. The van der Waals surface area contributed by atoms with E-state index in [0.717, 1.165) is 25.4 Å². The molecule has 0 saturated carbocycles. The Bertz CT molecular complexity index is 317. The van der Waals surface area contributed by atoms with Crippen LogP contribution in [0.2, 0.25) is 0 Å². The van der Waals surface area contributed by atoms with Gasteiger partial charge in [0.2, 0.25) is 0 Å². The molecule has 1 heterocycles. The van der Waals surface area contributed by atoms with E-state index in [4.69, 9.17) is 9.47 Å². The number of ether oxygens (including phenoxy) is 2. The van der Waals surface area contributed by atoms with Crippen molar-refractivity contribution in [2.45, 2.75) is 52.6 Å². The quantitative estimate of drug-likeness (QED) is 0.790. The second-order valence-electron chi connectivity index (χ2n) is 4.44. The van der Waals surface area contributed by atoms with Crippen LogP contribution in [0.5, 0.6) is 5.75 Å². The fourth-order valence-corrected chi connectivity index (χ4v) is 2.05. The van der Waals surface area contributed by atoms with E-state index < -0.39 is 0 Å². The molecule has 1 aliphatic rings. The minimum atomic E-state index is 0.415. The van der Waals surface area contributed by atoms with Crippen LogP contribution >= 0.6 is 0 Å². The summed E-state index contributed by atoms with van der Waals surface area (Å²) < 4.78 is 11.4. The molecule has 1 fully saturated rings. The van der Waals surface area contributed by atoms with Crippen molar-refractivity contribution in [2.75, 3.05) is 13.2 Å². The van der Waals surface area contributed by atoms with Crippen LogP contribution in [0.3, 0.4) is 0 Å². The summed E-state index contributed by atoms with van der Waals surface area (Å²) in [6.07, 6.45) is 5.13. The normalized spacial score (nSPS) is 18.7. The molecular weight excluding hydrogens is 224 g/mol. The predicted molar refractivity (Wildman–Crippen MR) is 76.2 cm³/mol. The highest BCUT2D eigenvalue weighted by Gasteiger charge is 2.13. The first-order valence-electron chi connectivity index (χ1n) is 7.16. The minimum Gasteiger partial charge on any atom is -0.493 e. The molecule has 0 spiro atoms. The molecule has 102 valence electrons. The zero-order valence-electron chi connectivity index (χ0n) is 11.9. The fraction of sp³-hybridized carbons (Fsp3) is 0.625. The van der Waals surface area contributed by atoms with E-state index in [1.165, 1.54) is 24.8 Å². The number of hydrogen-bond donors (Lipinski definition) is 0. The van der Waals surface area contributed by atoms with Gasteiger partial charge >= 0.3 is 0 Å². The molecule has 0 aromatic heterocycles. The molecule has 2 rings (SSSR count). The number of hydrogen-bond acceptors (Lipinski definition) is 2. The van der Waals surface area contributed by atoms with Crippen molar-refractivity contribution >= 4 is 0 Å². The molecule has 1 unspecified atom stereocenters. The molecule has 0 aliphatic carbocycles. The van der Waals surface area contributed by atoms with E-state index in [1.807, 2.05) is 26.0 Å². The zero-order valence-corrected chi connectivity index (χ0v) is 11.9. The Labute approximate surface area is 111 Å². The third kappa shape index (κ3) is 5.54. The van der Waals surface area contributed by atoms with Crippen molar-refractivity contribution in [3.8, 4) is 5.75 Å². The third-order valence-corrected chi connectivity index (χ3v) is 2.97. The van der Waals surface area contributed by atoms with Crippen LogP contribution in [0.15, 0.2) is 24.3 Å². The summed E-state index contributed by atoms with van der Waals surface area (Å²) in [4.78, 5) is 0. The summed E-state index contributed by atoms with van der Waals surface area (Å²) >= 11 is 0. The van der Waals surface area contributed by atoms with Crippen LogP contribution in [0.4, 0.5) is 0 Å². The lowest BCUT2D eigenvalue weighted by Gasteiger charge is -2.22. The molecule has 1 saturated heterocycles. The van der Waals surface area contributed by atoms with Gasteiger partial charge < -0.3 is 9.47 Å². The first-order valence-corrected chi connectivity index (χ1v) is 7.16. The zero-order chi connectivity index (χ0) is 13.2. The number of aryl methyl sites for hydroxylation is 1. The highest BCUT2D eigenvalue weighted by Crippen LogP contribution is 2.17. The molecule has 2 nitrogen and oxygen atoms in total. The Morgan fingerprint density at radius 2 is 2.11 bits per heavy atom. The van der Waals surface area contributed by atoms with Gasteiger partial charge in [0.05, 0.1) is 12.7 Å². The van der Waals surface area contributed by atoms with Gasteiger partial charge in [-0.25, -0.2) is 0 Å².